The third kappa shape index (κ3) is 5.58. The zero-order valence-corrected chi connectivity index (χ0v) is 23.6. The number of hydrogen-bond acceptors (Lipinski definition) is 8. The highest BCUT2D eigenvalue weighted by atomic mass is 32.1. The fourth-order valence-corrected chi connectivity index (χ4v) is 6.00. The molecule has 13 heteroatoms. The Labute approximate surface area is 233 Å². The number of likely N-dealkylation sites (N-methyl/N-ethyl adjacent to an activating group) is 1. The maximum absolute atomic E-state index is 13.9. The molecule has 0 bridgehead atoms. The smallest absolute Gasteiger partial charge is 0.332 e. The van der Waals surface area contributed by atoms with Gasteiger partial charge in [-0.15, -0.1) is 0 Å². The van der Waals surface area contributed by atoms with E-state index in [2.05, 4.69) is 9.84 Å². The molecule has 11 nitrogen and oxygen atoms in total. The second-order valence-electron chi connectivity index (χ2n) is 9.26. The molecule has 4 heterocycles. The summed E-state index contributed by atoms with van der Waals surface area (Å²) < 4.78 is 28.0. The molecule has 1 fully saturated rings. The van der Waals surface area contributed by atoms with E-state index in [0.29, 0.717) is 58.1 Å². The van der Waals surface area contributed by atoms with Crippen LogP contribution in [0.3, 0.4) is 0 Å². The van der Waals surface area contributed by atoms with Gasteiger partial charge < -0.3 is 19.5 Å². The van der Waals surface area contributed by atoms with Gasteiger partial charge in [-0.05, 0) is 49.6 Å². The van der Waals surface area contributed by atoms with Crippen LogP contribution in [0, 0.1) is 12.7 Å². The van der Waals surface area contributed by atoms with Gasteiger partial charge in [-0.2, -0.15) is 5.10 Å². The van der Waals surface area contributed by atoms with Gasteiger partial charge in [0.25, 0.3) is 5.56 Å². The van der Waals surface area contributed by atoms with E-state index in [1.54, 1.807) is 43.4 Å². The van der Waals surface area contributed by atoms with Crippen LogP contribution in [-0.2, 0) is 22.5 Å². The molecule has 1 aliphatic heterocycles. The summed E-state index contributed by atoms with van der Waals surface area (Å²) in [5.41, 5.74) is 0.246. The first-order valence-electron chi connectivity index (χ1n) is 12.7. The summed E-state index contributed by atoms with van der Waals surface area (Å²) in [6.45, 7) is 3.02. The molecule has 5 rings (SSSR count). The number of aliphatic hydroxyl groups excluding tert-OH is 1. The van der Waals surface area contributed by atoms with E-state index < -0.39 is 23.1 Å². The van der Waals surface area contributed by atoms with Crippen LogP contribution in [0.5, 0.6) is 5.75 Å². The molecule has 1 atom stereocenters. The minimum Gasteiger partial charge on any atom is -0.496 e. The number of aryl methyl sites for hydroxylation is 3. The lowest BCUT2D eigenvalue weighted by Crippen LogP contribution is -2.44. The predicted octanol–water partition coefficient (Wildman–Crippen LogP) is 2.14. The molecule has 40 heavy (non-hydrogen) atoms. The zero-order chi connectivity index (χ0) is 29.0. The van der Waals surface area contributed by atoms with Crippen LogP contribution in [-0.4, -0.2) is 75.9 Å². The van der Waals surface area contributed by atoms with Gasteiger partial charge in [0.15, 0.2) is 0 Å². The van der Waals surface area contributed by atoms with Crippen molar-refractivity contribution < 1.29 is 23.8 Å². The zero-order valence-electron chi connectivity index (χ0n) is 22.8. The Bertz CT molecular complexity index is 1610. The lowest BCUT2D eigenvalue weighted by atomic mass is 10.1. The fraction of sp³-hybridized carbons (Fsp3) is 0.407. The summed E-state index contributed by atoms with van der Waals surface area (Å²) in [4.78, 5) is 42.2. The van der Waals surface area contributed by atoms with Crippen molar-refractivity contribution in [2.24, 2.45) is 0 Å². The Morgan fingerprint density at radius 3 is 2.58 bits per heavy atom. The largest absolute Gasteiger partial charge is 0.496 e. The number of carbonyl (C=O) groups is 1. The molecule has 0 aliphatic carbocycles. The van der Waals surface area contributed by atoms with Crippen molar-refractivity contribution in [1.29, 1.82) is 0 Å². The van der Waals surface area contributed by atoms with E-state index in [1.165, 1.54) is 40.0 Å². The summed E-state index contributed by atoms with van der Waals surface area (Å²) in [6.07, 6.45) is 4.08. The molecule has 0 spiro atoms. The quantitative estimate of drug-likeness (QED) is 0.343. The topological polar surface area (TPSA) is 121 Å². The van der Waals surface area contributed by atoms with Crippen LogP contribution in [0.25, 0.3) is 15.2 Å². The molecule has 0 radical (unpaired) electrons. The van der Waals surface area contributed by atoms with Gasteiger partial charge in [-0.25, -0.2) is 18.4 Å². The van der Waals surface area contributed by atoms with Crippen molar-refractivity contribution in [2.45, 2.75) is 32.4 Å². The third-order valence-electron chi connectivity index (χ3n) is 6.78. The van der Waals surface area contributed by atoms with Gasteiger partial charge in [-0.1, -0.05) is 11.3 Å². The average Bonchev–Trinajstić information content (AvgIpc) is 3.66. The van der Waals surface area contributed by atoms with Crippen molar-refractivity contribution in [3.63, 3.8) is 0 Å². The first-order chi connectivity index (χ1) is 19.2. The Hall–Kier alpha value is -3.81. The monoisotopic (exact) mass is 573 g/mol. The van der Waals surface area contributed by atoms with E-state index in [9.17, 15) is 18.8 Å². The summed E-state index contributed by atoms with van der Waals surface area (Å²) in [7, 11) is 4.71. The van der Waals surface area contributed by atoms with E-state index in [0.717, 1.165) is 4.57 Å². The van der Waals surface area contributed by atoms with Gasteiger partial charge >= 0.3 is 5.69 Å². The number of nitrogens with zero attached hydrogens (tertiary/aromatic N) is 5. The van der Waals surface area contributed by atoms with Gasteiger partial charge in [0, 0.05) is 45.2 Å². The molecule has 1 saturated heterocycles. The predicted molar refractivity (Wildman–Crippen MR) is 149 cm³/mol. The van der Waals surface area contributed by atoms with Crippen molar-refractivity contribution in [1.82, 2.24) is 23.8 Å². The lowest BCUT2D eigenvalue weighted by Gasteiger charge is -2.17. The highest BCUT2D eigenvalue weighted by molar-refractivity contribution is 7.21. The number of likely N-dealkylation sites (tertiary alicyclic amines) is 1. The highest BCUT2D eigenvalue weighted by Crippen LogP contribution is 2.32. The fourth-order valence-electron chi connectivity index (χ4n) is 4.74. The standard InChI is InChI=1S/C24H24FN5O4S.C3H8O2/c1-14-19-21(32)30(17-8-11-27(2)20(17)31)24(33)28(23(19)35-22(14)29-10-4-9-26-29)12-7-15-13-16(25)5-6-18(15)34-3;1-5-3-2-4/h4-6,9-10,13,17H,7-8,11-12H2,1-3H3;4H,2-3H2,1H3. The second kappa shape index (κ2) is 12.6. The van der Waals surface area contributed by atoms with Crippen LogP contribution in [0.15, 0.2) is 46.2 Å². The lowest BCUT2D eigenvalue weighted by molar-refractivity contribution is -0.129. The molecule has 3 aromatic heterocycles. The molecule has 4 aromatic rings. The third-order valence-corrected chi connectivity index (χ3v) is 8.09. The number of rotatable bonds is 8. The van der Waals surface area contributed by atoms with E-state index in [-0.39, 0.29) is 19.1 Å². The number of amides is 1. The Morgan fingerprint density at radius 1 is 1.23 bits per heavy atom. The Kier molecular flexibility index (Phi) is 9.17. The van der Waals surface area contributed by atoms with Crippen molar-refractivity contribution in [3.8, 4) is 10.8 Å². The minimum atomic E-state index is -0.855. The van der Waals surface area contributed by atoms with Crippen LogP contribution < -0.4 is 16.0 Å². The normalized spacial score (nSPS) is 15.0. The number of aromatic nitrogens is 4. The molecule has 1 N–H and O–H groups in total. The molecule has 1 aliphatic rings. The van der Waals surface area contributed by atoms with E-state index in [1.807, 2.05) is 6.92 Å². The SMILES string of the molecule is COCCO.COc1ccc(F)cc1CCn1c(=O)n(C2CCN(C)C2=O)c(=O)c2c(C)c(-n3cccn3)sc21. The molecule has 1 amide bonds. The second-order valence-corrected chi connectivity index (χ2v) is 10.2. The summed E-state index contributed by atoms with van der Waals surface area (Å²) in [5.74, 6) is -0.158. The number of halogens is 1. The van der Waals surface area contributed by atoms with Crippen LogP contribution in [0.2, 0.25) is 0 Å². The maximum Gasteiger partial charge on any atom is 0.332 e. The van der Waals surface area contributed by atoms with Gasteiger partial charge in [0.05, 0.1) is 25.7 Å². The average molecular weight is 574 g/mol. The maximum atomic E-state index is 13.9. The highest BCUT2D eigenvalue weighted by Gasteiger charge is 2.34. The van der Waals surface area contributed by atoms with E-state index >= 15 is 0 Å². The molecular weight excluding hydrogens is 541 g/mol. The Balaban J connectivity index is 0.000000681. The van der Waals surface area contributed by atoms with Crippen molar-refractivity contribution in [3.05, 3.63) is 74.4 Å². The van der Waals surface area contributed by atoms with Crippen LogP contribution in [0.4, 0.5) is 4.39 Å². The first-order valence-corrected chi connectivity index (χ1v) is 13.5. The van der Waals surface area contributed by atoms with E-state index in [4.69, 9.17) is 9.84 Å². The number of methoxy groups -OCH3 is 2. The number of thiophene rings is 1. The number of carbonyl (C=O) groups excluding carboxylic acids is 1. The number of hydrogen-bond donors (Lipinski definition) is 1. The molecule has 1 aromatic carbocycles. The van der Waals surface area contributed by atoms with Gasteiger partial charge in [0.1, 0.15) is 27.4 Å². The number of ether oxygens (including phenoxy) is 2. The number of fused-ring (bicyclic) bond motifs is 1. The number of benzene rings is 1. The van der Waals surface area contributed by atoms with Gasteiger partial charge in [-0.3, -0.25) is 14.2 Å². The first kappa shape index (κ1) is 29.2. The summed E-state index contributed by atoms with van der Waals surface area (Å²) >= 11 is 1.29. The molecule has 0 saturated carbocycles. The molecule has 1 unspecified atom stereocenters. The van der Waals surface area contributed by atoms with Crippen LogP contribution in [0.1, 0.15) is 23.6 Å². The van der Waals surface area contributed by atoms with Crippen LogP contribution >= 0.6 is 11.3 Å². The summed E-state index contributed by atoms with van der Waals surface area (Å²) in [6, 6.07) is 5.16. The van der Waals surface area contributed by atoms with Crippen molar-refractivity contribution in [2.75, 3.05) is 41.0 Å². The molecular formula is C27H32FN5O6S. The van der Waals surface area contributed by atoms with Crippen molar-refractivity contribution >= 4 is 27.5 Å². The number of aliphatic hydroxyl groups is 1. The van der Waals surface area contributed by atoms with Gasteiger partial charge in [0.2, 0.25) is 5.91 Å². The molecule has 214 valence electrons. The summed E-state index contributed by atoms with van der Waals surface area (Å²) in [5, 5.41) is 13.3. The Morgan fingerprint density at radius 2 is 2.00 bits per heavy atom. The minimum absolute atomic E-state index is 0.122.